The second-order valence-corrected chi connectivity index (χ2v) is 6.18. The van der Waals surface area contributed by atoms with Crippen LogP contribution < -0.4 is 0 Å². The van der Waals surface area contributed by atoms with Gasteiger partial charge in [0.2, 0.25) is 0 Å². The molecule has 0 radical (unpaired) electrons. The van der Waals surface area contributed by atoms with E-state index >= 15 is 0 Å². The minimum absolute atomic E-state index is 0.480. The first-order chi connectivity index (χ1) is 11.2. The maximum Gasteiger partial charge on any atom is 0.168 e. The first kappa shape index (κ1) is 14.7. The second-order valence-electron chi connectivity index (χ2n) is 6.18. The summed E-state index contributed by atoms with van der Waals surface area (Å²) in [5.41, 5.74) is 1.44. The quantitative estimate of drug-likeness (QED) is 0.914. The maximum absolute atomic E-state index is 10.9. The smallest absolute Gasteiger partial charge is 0.168 e. The molecule has 120 valence electrons. The van der Waals surface area contributed by atoms with Crippen LogP contribution in [0.3, 0.4) is 0 Å². The van der Waals surface area contributed by atoms with Crippen LogP contribution in [0.2, 0.25) is 0 Å². The van der Waals surface area contributed by atoms with E-state index < -0.39 is 11.4 Å². The van der Waals surface area contributed by atoms with E-state index in [1.165, 1.54) is 0 Å². The fourth-order valence-corrected chi connectivity index (χ4v) is 3.36. The molecule has 0 aromatic carbocycles. The van der Waals surface area contributed by atoms with E-state index in [4.69, 9.17) is 9.47 Å². The number of nitrogens with zero attached hydrogens (tertiary/aromatic N) is 3. The standard InChI is InChI=1S/C17H19N3O3/c21-16(5-7-17(8-6-16)22-10-11-23-17)15-4-3-13(12-18-15)14-2-1-9-19-20-14/h1-4,9,12,21H,5-8,10-11H2. The number of rotatable bonds is 2. The molecule has 4 rings (SSSR count). The van der Waals surface area contributed by atoms with Crippen LogP contribution in [0, 0.1) is 0 Å². The summed E-state index contributed by atoms with van der Waals surface area (Å²) in [4.78, 5) is 4.47. The van der Waals surface area contributed by atoms with E-state index in [9.17, 15) is 5.11 Å². The van der Waals surface area contributed by atoms with Gasteiger partial charge in [-0.25, -0.2) is 0 Å². The van der Waals surface area contributed by atoms with Crippen molar-refractivity contribution >= 4 is 0 Å². The Labute approximate surface area is 134 Å². The highest BCUT2D eigenvalue weighted by Gasteiger charge is 2.46. The van der Waals surface area contributed by atoms with E-state index in [-0.39, 0.29) is 0 Å². The number of aliphatic hydroxyl groups is 1. The third-order valence-corrected chi connectivity index (χ3v) is 4.76. The Balaban J connectivity index is 1.52. The van der Waals surface area contributed by atoms with Crippen molar-refractivity contribution < 1.29 is 14.6 Å². The molecule has 2 fully saturated rings. The van der Waals surface area contributed by atoms with Gasteiger partial charge in [-0.1, -0.05) is 0 Å². The molecule has 0 atom stereocenters. The summed E-state index contributed by atoms with van der Waals surface area (Å²) < 4.78 is 11.4. The van der Waals surface area contributed by atoms with E-state index in [0.29, 0.717) is 44.6 Å². The Bertz CT molecular complexity index is 659. The number of ether oxygens (including phenoxy) is 2. The lowest BCUT2D eigenvalue weighted by Crippen LogP contribution is -2.42. The van der Waals surface area contributed by atoms with Gasteiger partial charge >= 0.3 is 0 Å². The number of hydrogen-bond donors (Lipinski definition) is 1. The molecule has 1 aliphatic carbocycles. The fraction of sp³-hybridized carbons (Fsp3) is 0.471. The lowest BCUT2D eigenvalue weighted by molar-refractivity contribution is -0.204. The molecule has 1 saturated heterocycles. The summed E-state index contributed by atoms with van der Waals surface area (Å²) in [6, 6.07) is 7.53. The van der Waals surface area contributed by atoms with Crippen LogP contribution >= 0.6 is 0 Å². The Morgan fingerprint density at radius 1 is 1.00 bits per heavy atom. The van der Waals surface area contributed by atoms with E-state index in [1.54, 1.807) is 12.4 Å². The molecule has 2 aliphatic rings. The monoisotopic (exact) mass is 313 g/mol. The van der Waals surface area contributed by atoms with Gasteiger partial charge < -0.3 is 14.6 Å². The van der Waals surface area contributed by atoms with E-state index in [0.717, 1.165) is 11.3 Å². The molecule has 0 unspecified atom stereocenters. The van der Waals surface area contributed by atoms with Gasteiger partial charge in [0.1, 0.15) is 5.60 Å². The minimum Gasteiger partial charge on any atom is -0.384 e. The second kappa shape index (κ2) is 5.63. The maximum atomic E-state index is 10.9. The van der Waals surface area contributed by atoms with Crippen LogP contribution in [0.5, 0.6) is 0 Å². The fourth-order valence-electron chi connectivity index (χ4n) is 3.36. The lowest BCUT2D eigenvalue weighted by Gasteiger charge is -2.40. The Morgan fingerprint density at radius 3 is 2.39 bits per heavy atom. The van der Waals surface area contributed by atoms with Crippen molar-refractivity contribution in [2.24, 2.45) is 0 Å². The minimum atomic E-state index is -0.915. The zero-order chi connectivity index (χ0) is 15.8. The van der Waals surface area contributed by atoms with Crippen molar-refractivity contribution in [3.05, 3.63) is 42.4 Å². The van der Waals surface area contributed by atoms with Crippen molar-refractivity contribution in [1.29, 1.82) is 0 Å². The highest BCUT2D eigenvalue weighted by atomic mass is 16.7. The van der Waals surface area contributed by atoms with Gasteiger partial charge in [-0.2, -0.15) is 10.2 Å². The van der Waals surface area contributed by atoms with Crippen LogP contribution in [-0.2, 0) is 15.1 Å². The topological polar surface area (TPSA) is 77.4 Å². The summed E-state index contributed by atoms with van der Waals surface area (Å²) in [5.74, 6) is -0.480. The summed E-state index contributed by atoms with van der Waals surface area (Å²) in [5, 5.41) is 18.9. The van der Waals surface area contributed by atoms with E-state index in [1.807, 2.05) is 24.3 Å². The molecule has 1 spiro atoms. The van der Waals surface area contributed by atoms with Crippen LogP contribution in [-0.4, -0.2) is 39.3 Å². The Morgan fingerprint density at radius 2 is 1.78 bits per heavy atom. The molecule has 3 heterocycles. The van der Waals surface area contributed by atoms with Gasteiger partial charge in [0.25, 0.3) is 0 Å². The summed E-state index contributed by atoms with van der Waals surface area (Å²) >= 11 is 0. The highest BCUT2D eigenvalue weighted by Crippen LogP contribution is 2.44. The predicted octanol–water partition coefficient (Wildman–Crippen LogP) is 2.04. The van der Waals surface area contributed by atoms with Gasteiger partial charge in [0, 0.05) is 30.8 Å². The molecular weight excluding hydrogens is 294 g/mol. The van der Waals surface area contributed by atoms with Crippen molar-refractivity contribution in [3.8, 4) is 11.3 Å². The molecule has 23 heavy (non-hydrogen) atoms. The zero-order valence-electron chi connectivity index (χ0n) is 12.8. The molecular formula is C17H19N3O3. The van der Waals surface area contributed by atoms with Gasteiger partial charge in [-0.05, 0) is 37.1 Å². The molecule has 1 N–H and O–H groups in total. The highest BCUT2D eigenvalue weighted by molar-refractivity contribution is 5.56. The zero-order valence-corrected chi connectivity index (χ0v) is 12.8. The molecule has 2 aromatic heterocycles. The largest absolute Gasteiger partial charge is 0.384 e. The number of aromatic nitrogens is 3. The van der Waals surface area contributed by atoms with Crippen molar-refractivity contribution in [2.75, 3.05) is 13.2 Å². The summed E-state index contributed by atoms with van der Waals surface area (Å²) in [6.07, 6.45) is 5.94. The van der Waals surface area contributed by atoms with Crippen LogP contribution in [0.1, 0.15) is 31.4 Å². The van der Waals surface area contributed by atoms with Gasteiger partial charge in [-0.15, -0.1) is 0 Å². The van der Waals surface area contributed by atoms with Gasteiger partial charge in [0.15, 0.2) is 5.79 Å². The number of hydrogen-bond acceptors (Lipinski definition) is 6. The van der Waals surface area contributed by atoms with Crippen molar-refractivity contribution in [2.45, 2.75) is 37.1 Å². The third-order valence-electron chi connectivity index (χ3n) is 4.76. The average Bonchev–Trinajstić information content (AvgIpc) is 3.08. The first-order valence-electron chi connectivity index (χ1n) is 7.94. The lowest BCUT2D eigenvalue weighted by atomic mass is 9.79. The first-order valence-corrected chi connectivity index (χ1v) is 7.94. The Kier molecular flexibility index (Phi) is 3.60. The number of pyridine rings is 1. The summed E-state index contributed by atoms with van der Waals surface area (Å²) in [7, 11) is 0. The predicted molar refractivity (Wildman–Crippen MR) is 82.3 cm³/mol. The van der Waals surface area contributed by atoms with E-state index in [2.05, 4.69) is 15.2 Å². The average molecular weight is 313 g/mol. The van der Waals surface area contributed by atoms with Gasteiger partial charge in [0.05, 0.1) is 24.6 Å². The molecule has 1 aliphatic heterocycles. The molecule has 2 aromatic rings. The van der Waals surface area contributed by atoms with Crippen molar-refractivity contribution in [3.63, 3.8) is 0 Å². The third kappa shape index (κ3) is 2.73. The molecule has 0 amide bonds. The Hall–Kier alpha value is -1.89. The van der Waals surface area contributed by atoms with Crippen molar-refractivity contribution in [1.82, 2.24) is 15.2 Å². The van der Waals surface area contributed by atoms with Crippen LogP contribution in [0.25, 0.3) is 11.3 Å². The molecule has 6 nitrogen and oxygen atoms in total. The van der Waals surface area contributed by atoms with Gasteiger partial charge in [-0.3, -0.25) is 4.98 Å². The molecule has 1 saturated carbocycles. The summed E-state index contributed by atoms with van der Waals surface area (Å²) in [6.45, 7) is 1.28. The van der Waals surface area contributed by atoms with Crippen LogP contribution in [0.4, 0.5) is 0 Å². The molecule has 6 heteroatoms. The molecule has 0 bridgehead atoms. The SMILES string of the molecule is OC1(c2ccc(-c3cccnn3)cn2)CCC2(CC1)OCCO2. The normalized spacial score (nSPS) is 22.3. The van der Waals surface area contributed by atoms with Crippen LogP contribution in [0.15, 0.2) is 36.7 Å².